The van der Waals surface area contributed by atoms with E-state index >= 15 is 0 Å². The lowest BCUT2D eigenvalue weighted by atomic mass is 10.0. The van der Waals surface area contributed by atoms with Gasteiger partial charge in [0.25, 0.3) is 5.91 Å². The number of nitrogens with zero attached hydrogens (tertiary/aromatic N) is 4. The van der Waals surface area contributed by atoms with Crippen molar-refractivity contribution in [2.45, 2.75) is 112 Å². The molecule has 1 aliphatic heterocycles. The molecule has 3 N–H and O–H groups in total. The Morgan fingerprint density at radius 3 is 1.93 bits per heavy atom. The van der Waals surface area contributed by atoms with Gasteiger partial charge < -0.3 is 29.6 Å². The van der Waals surface area contributed by atoms with Gasteiger partial charge in [0.15, 0.2) is 0 Å². The van der Waals surface area contributed by atoms with E-state index in [1.54, 1.807) is 20.8 Å². The molecule has 0 spiro atoms. The maximum absolute atomic E-state index is 13.3. The number of hydrogen-bond acceptors (Lipinski definition) is 14. The SMILES string of the molecule is CCCCOC(=O)CN1CCN(COC(=O)CCCC)CCN(CC=O)CCN(CC(=O)NCc2ccc(CONC(=O)[C@@H](CC(C)C)NC(=O)OC(C)(C)C)cc2)CC1. The number of nitrogens with one attached hydrogen (secondary N) is 3. The predicted octanol–water partition coefficient (Wildman–Crippen LogP) is 3.24. The topological polar surface area (TPSA) is 188 Å². The van der Waals surface area contributed by atoms with E-state index < -0.39 is 23.6 Å². The van der Waals surface area contributed by atoms with Crippen LogP contribution in [-0.4, -0.2) is 153 Å². The third-order valence-electron chi connectivity index (χ3n) is 9.52. The summed E-state index contributed by atoms with van der Waals surface area (Å²) in [7, 11) is 0. The summed E-state index contributed by atoms with van der Waals surface area (Å²) in [4.78, 5) is 88.6. The highest BCUT2D eigenvalue weighted by Crippen LogP contribution is 2.11. The van der Waals surface area contributed by atoms with Crippen LogP contribution in [0.3, 0.4) is 0 Å². The van der Waals surface area contributed by atoms with Crippen LogP contribution in [0.25, 0.3) is 0 Å². The van der Waals surface area contributed by atoms with Crippen LogP contribution in [0, 0.1) is 5.92 Å². The van der Waals surface area contributed by atoms with Gasteiger partial charge in [0.05, 0.1) is 32.8 Å². The maximum Gasteiger partial charge on any atom is 0.408 e. The molecule has 1 heterocycles. The second-order valence-electron chi connectivity index (χ2n) is 16.6. The molecule has 0 unspecified atom stereocenters. The number of rotatable bonds is 23. The van der Waals surface area contributed by atoms with E-state index in [0.29, 0.717) is 78.4 Å². The molecule has 0 radical (unpaired) electrons. The standard InChI is InChI=1S/C43H73N7O10/c1-8-10-12-39(53)58-33-50-23-18-47(25-26-51)17-19-48(20-21-49(22-24-50)31-40(54)57-27-11-9-2)30-38(52)44-29-35-13-15-36(16-14-35)32-59-46-41(55)37(28-34(3)4)45-42(56)60-43(5,6)7/h13-16,26,34,37H,8-12,17-25,27-33H2,1-7H3,(H,44,52)(H,45,56)(H,46,55)/t37-/m1/s1. The van der Waals surface area contributed by atoms with Crippen LogP contribution in [0.15, 0.2) is 24.3 Å². The lowest BCUT2D eigenvalue weighted by Crippen LogP contribution is -2.49. The van der Waals surface area contributed by atoms with Gasteiger partial charge >= 0.3 is 18.0 Å². The minimum Gasteiger partial charge on any atom is -0.465 e. The van der Waals surface area contributed by atoms with Crippen LogP contribution in [0.4, 0.5) is 4.79 Å². The molecular weight excluding hydrogens is 775 g/mol. The van der Waals surface area contributed by atoms with Crippen molar-refractivity contribution >= 4 is 36.1 Å². The number of unbranched alkanes of at least 4 members (excludes halogenated alkanes) is 2. The zero-order chi connectivity index (χ0) is 44.3. The lowest BCUT2D eigenvalue weighted by molar-refractivity contribution is -0.149. The predicted molar refractivity (Wildman–Crippen MR) is 227 cm³/mol. The van der Waals surface area contributed by atoms with E-state index in [4.69, 9.17) is 19.0 Å². The van der Waals surface area contributed by atoms with E-state index in [2.05, 4.69) is 16.1 Å². The molecule has 0 saturated carbocycles. The summed E-state index contributed by atoms with van der Waals surface area (Å²) in [5.74, 6) is -1.07. The second-order valence-corrected chi connectivity index (χ2v) is 16.6. The molecule has 17 heteroatoms. The van der Waals surface area contributed by atoms with E-state index in [1.165, 1.54) is 0 Å². The monoisotopic (exact) mass is 848 g/mol. The van der Waals surface area contributed by atoms with Crippen molar-refractivity contribution in [3.8, 4) is 0 Å². The maximum atomic E-state index is 13.3. The zero-order valence-electron chi connectivity index (χ0n) is 37.3. The molecule has 340 valence electrons. The summed E-state index contributed by atoms with van der Waals surface area (Å²) in [6, 6.07) is 6.59. The van der Waals surface area contributed by atoms with Crippen LogP contribution in [0.2, 0.25) is 0 Å². The Balaban J connectivity index is 1.99. The van der Waals surface area contributed by atoms with Gasteiger partial charge in [0.2, 0.25) is 5.91 Å². The van der Waals surface area contributed by atoms with E-state index in [9.17, 15) is 28.8 Å². The van der Waals surface area contributed by atoms with E-state index in [-0.39, 0.29) is 56.7 Å². The molecule has 1 atom stereocenters. The Kier molecular flexibility index (Phi) is 25.3. The average Bonchev–Trinajstić information content (AvgIpc) is 3.18. The highest BCUT2D eigenvalue weighted by Gasteiger charge is 2.26. The lowest BCUT2D eigenvalue weighted by Gasteiger charge is -2.33. The second kappa shape index (κ2) is 29.2. The molecule has 1 fully saturated rings. The molecule has 0 bridgehead atoms. The van der Waals surface area contributed by atoms with Gasteiger partial charge in [-0.1, -0.05) is 64.8 Å². The van der Waals surface area contributed by atoms with E-state index in [1.807, 2.05) is 71.6 Å². The third-order valence-corrected chi connectivity index (χ3v) is 9.52. The van der Waals surface area contributed by atoms with Crippen LogP contribution < -0.4 is 16.1 Å². The zero-order valence-corrected chi connectivity index (χ0v) is 37.3. The largest absolute Gasteiger partial charge is 0.465 e. The van der Waals surface area contributed by atoms with Gasteiger partial charge in [-0.05, 0) is 57.1 Å². The van der Waals surface area contributed by atoms with Gasteiger partial charge in [0, 0.05) is 65.3 Å². The molecule has 1 aromatic carbocycles. The van der Waals surface area contributed by atoms with Gasteiger partial charge in [-0.25, -0.2) is 10.3 Å². The molecule has 0 aliphatic carbocycles. The fourth-order valence-electron chi connectivity index (χ4n) is 6.05. The Morgan fingerprint density at radius 2 is 1.35 bits per heavy atom. The third kappa shape index (κ3) is 24.2. The van der Waals surface area contributed by atoms with Gasteiger partial charge in [-0.2, -0.15) is 0 Å². The van der Waals surface area contributed by atoms with Crippen molar-refractivity contribution in [2.24, 2.45) is 5.92 Å². The van der Waals surface area contributed by atoms with Crippen LogP contribution in [-0.2, 0) is 56.2 Å². The van der Waals surface area contributed by atoms with Gasteiger partial charge in [-0.15, -0.1) is 0 Å². The summed E-state index contributed by atoms with van der Waals surface area (Å²) in [5.41, 5.74) is 3.39. The average molecular weight is 848 g/mol. The van der Waals surface area contributed by atoms with Gasteiger partial charge in [-0.3, -0.25) is 43.6 Å². The highest BCUT2D eigenvalue weighted by atomic mass is 16.7. The number of amides is 3. The molecule has 1 aromatic rings. The molecule has 0 aromatic heterocycles. The summed E-state index contributed by atoms with van der Waals surface area (Å²) < 4.78 is 16.3. The number of esters is 2. The van der Waals surface area contributed by atoms with Crippen molar-refractivity contribution in [3.05, 3.63) is 35.4 Å². The number of alkyl carbamates (subject to hydrolysis) is 1. The van der Waals surface area contributed by atoms with Gasteiger partial charge in [0.1, 0.15) is 24.7 Å². The molecule has 1 saturated heterocycles. The first kappa shape index (κ1) is 52.0. The van der Waals surface area contributed by atoms with Crippen molar-refractivity contribution in [3.63, 3.8) is 0 Å². The Hall–Kier alpha value is -4.16. The minimum atomic E-state index is -0.828. The van der Waals surface area contributed by atoms with Crippen molar-refractivity contribution in [1.82, 2.24) is 35.7 Å². The summed E-state index contributed by atoms with van der Waals surface area (Å²) >= 11 is 0. The number of benzene rings is 1. The Morgan fingerprint density at radius 1 is 0.767 bits per heavy atom. The van der Waals surface area contributed by atoms with Crippen molar-refractivity contribution in [1.29, 1.82) is 0 Å². The quantitative estimate of drug-likeness (QED) is 0.0479. The molecule has 2 rings (SSSR count). The molecule has 1 aliphatic rings. The number of ether oxygens (including phenoxy) is 3. The minimum absolute atomic E-state index is 0.0906. The number of aldehydes is 1. The molecule has 60 heavy (non-hydrogen) atoms. The first-order valence-electron chi connectivity index (χ1n) is 21.5. The summed E-state index contributed by atoms with van der Waals surface area (Å²) in [6.45, 7) is 18.7. The number of hydrogen-bond donors (Lipinski definition) is 3. The normalized spacial score (nSPS) is 15.9. The number of carbonyl (C=O) groups excluding carboxylic acids is 6. The summed E-state index contributed by atoms with van der Waals surface area (Å²) in [5, 5.41) is 5.62. The highest BCUT2D eigenvalue weighted by molar-refractivity contribution is 5.85. The fourth-order valence-corrected chi connectivity index (χ4v) is 6.05. The number of carbonyl (C=O) groups is 6. The van der Waals surface area contributed by atoms with Crippen LogP contribution in [0.5, 0.6) is 0 Å². The molecule has 17 nitrogen and oxygen atoms in total. The Bertz CT molecular complexity index is 1440. The smallest absolute Gasteiger partial charge is 0.408 e. The Labute approximate surface area is 357 Å². The first-order chi connectivity index (χ1) is 28.6. The van der Waals surface area contributed by atoms with E-state index in [0.717, 1.165) is 43.1 Å². The fraction of sp³-hybridized carbons (Fsp3) is 0.721. The van der Waals surface area contributed by atoms with Crippen molar-refractivity contribution < 1.29 is 47.8 Å². The van der Waals surface area contributed by atoms with Crippen LogP contribution >= 0.6 is 0 Å². The van der Waals surface area contributed by atoms with Crippen molar-refractivity contribution in [2.75, 3.05) is 85.3 Å². The van der Waals surface area contributed by atoms with Crippen LogP contribution in [0.1, 0.15) is 98.1 Å². The first-order valence-corrected chi connectivity index (χ1v) is 21.5. The summed E-state index contributed by atoms with van der Waals surface area (Å²) in [6.07, 6.45) is 4.33. The number of hydroxylamine groups is 1. The molecular formula is C43H73N7O10. The molecule has 3 amide bonds.